The summed E-state index contributed by atoms with van der Waals surface area (Å²) in [6.07, 6.45) is 2.13. The summed E-state index contributed by atoms with van der Waals surface area (Å²) in [5.74, 6) is 0.0405. The largest absolute Gasteiger partial charge is 0.378 e. The van der Waals surface area contributed by atoms with E-state index in [0.29, 0.717) is 6.54 Å². The van der Waals surface area contributed by atoms with Crippen molar-refractivity contribution in [3.63, 3.8) is 0 Å². The number of nitrogens with one attached hydrogen (secondary N) is 2. The van der Waals surface area contributed by atoms with Crippen LogP contribution in [0.2, 0.25) is 0 Å². The quantitative estimate of drug-likeness (QED) is 0.727. The van der Waals surface area contributed by atoms with Gasteiger partial charge in [0, 0.05) is 32.0 Å². The van der Waals surface area contributed by atoms with Gasteiger partial charge in [0.05, 0.1) is 6.54 Å². The molecule has 0 aliphatic rings. The number of amides is 1. The van der Waals surface area contributed by atoms with E-state index in [4.69, 9.17) is 0 Å². The third-order valence-electron chi connectivity index (χ3n) is 2.67. The summed E-state index contributed by atoms with van der Waals surface area (Å²) in [6.45, 7) is 3.19. The molecule has 0 aromatic heterocycles. The first kappa shape index (κ1) is 14.4. The minimum atomic E-state index is 0.0405. The number of hydrogen-bond acceptors (Lipinski definition) is 3. The van der Waals surface area contributed by atoms with Crippen molar-refractivity contribution in [2.24, 2.45) is 0 Å². The minimum absolute atomic E-state index is 0.0405. The van der Waals surface area contributed by atoms with Crippen LogP contribution in [-0.4, -0.2) is 33.1 Å². The van der Waals surface area contributed by atoms with Crippen LogP contribution in [0.25, 0.3) is 0 Å². The number of anilines is 2. The molecule has 1 rings (SSSR count). The first-order valence-electron chi connectivity index (χ1n) is 6.41. The zero-order valence-electron chi connectivity index (χ0n) is 11.5. The van der Waals surface area contributed by atoms with E-state index in [1.54, 1.807) is 0 Å². The van der Waals surface area contributed by atoms with Crippen LogP contribution in [0, 0.1) is 0 Å². The highest BCUT2D eigenvalue weighted by atomic mass is 16.1. The maximum absolute atomic E-state index is 11.5. The Labute approximate surface area is 109 Å². The van der Waals surface area contributed by atoms with Crippen molar-refractivity contribution >= 4 is 17.3 Å². The van der Waals surface area contributed by atoms with Crippen LogP contribution in [0.1, 0.15) is 19.8 Å². The average Bonchev–Trinajstić information content (AvgIpc) is 2.37. The predicted molar refractivity (Wildman–Crippen MR) is 77.2 cm³/mol. The van der Waals surface area contributed by atoms with Gasteiger partial charge in [0.1, 0.15) is 0 Å². The van der Waals surface area contributed by atoms with Gasteiger partial charge in [-0.3, -0.25) is 4.79 Å². The van der Waals surface area contributed by atoms with Gasteiger partial charge in [-0.25, -0.2) is 0 Å². The molecule has 0 fully saturated rings. The number of carbonyl (C=O) groups excluding carboxylic acids is 1. The van der Waals surface area contributed by atoms with Crippen LogP contribution in [0.3, 0.4) is 0 Å². The van der Waals surface area contributed by atoms with Gasteiger partial charge in [0.25, 0.3) is 0 Å². The molecule has 1 aromatic rings. The number of rotatable bonds is 7. The van der Waals surface area contributed by atoms with Crippen LogP contribution in [0.5, 0.6) is 0 Å². The fraction of sp³-hybridized carbons (Fsp3) is 0.500. The molecule has 4 nitrogen and oxygen atoms in total. The summed E-state index contributed by atoms with van der Waals surface area (Å²) in [7, 11) is 3.99. The maximum atomic E-state index is 11.5. The van der Waals surface area contributed by atoms with Gasteiger partial charge in [0.15, 0.2) is 0 Å². The first-order chi connectivity index (χ1) is 8.63. The Morgan fingerprint density at radius 2 is 2.11 bits per heavy atom. The molecule has 0 unspecified atom stereocenters. The lowest BCUT2D eigenvalue weighted by atomic mass is 10.2. The van der Waals surface area contributed by atoms with Crippen LogP contribution in [0.4, 0.5) is 11.4 Å². The van der Waals surface area contributed by atoms with E-state index >= 15 is 0 Å². The van der Waals surface area contributed by atoms with Crippen LogP contribution in [0.15, 0.2) is 24.3 Å². The second-order valence-corrected chi connectivity index (χ2v) is 4.50. The van der Waals surface area contributed by atoms with Gasteiger partial charge in [-0.2, -0.15) is 0 Å². The average molecular weight is 249 g/mol. The van der Waals surface area contributed by atoms with Crippen molar-refractivity contribution in [3.05, 3.63) is 24.3 Å². The number of nitrogens with zero attached hydrogens (tertiary/aromatic N) is 1. The molecule has 1 aromatic carbocycles. The van der Waals surface area contributed by atoms with E-state index in [2.05, 4.69) is 17.6 Å². The Kier molecular flexibility index (Phi) is 6.05. The van der Waals surface area contributed by atoms with Crippen LogP contribution < -0.4 is 15.5 Å². The molecule has 0 atom stereocenters. The monoisotopic (exact) mass is 249 g/mol. The molecule has 0 saturated carbocycles. The van der Waals surface area contributed by atoms with Gasteiger partial charge >= 0.3 is 0 Å². The van der Waals surface area contributed by atoms with Gasteiger partial charge in [-0.05, 0) is 24.6 Å². The molecular formula is C14H23N3O. The van der Waals surface area contributed by atoms with Crippen molar-refractivity contribution in [1.29, 1.82) is 0 Å². The van der Waals surface area contributed by atoms with Crippen LogP contribution >= 0.6 is 0 Å². The van der Waals surface area contributed by atoms with Gasteiger partial charge in [-0.15, -0.1) is 0 Å². The van der Waals surface area contributed by atoms with E-state index in [0.717, 1.165) is 30.8 Å². The Bertz CT molecular complexity index is 377. The smallest absolute Gasteiger partial charge is 0.239 e. The lowest BCUT2D eigenvalue weighted by Gasteiger charge is -2.14. The molecule has 0 radical (unpaired) electrons. The van der Waals surface area contributed by atoms with Crippen molar-refractivity contribution < 1.29 is 4.79 Å². The molecule has 0 spiro atoms. The number of hydrogen-bond donors (Lipinski definition) is 2. The summed E-state index contributed by atoms with van der Waals surface area (Å²) in [4.78, 5) is 13.6. The molecule has 100 valence electrons. The second-order valence-electron chi connectivity index (χ2n) is 4.50. The first-order valence-corrected chi connectivity index (χ1v) is 6.41. The van der Waals surface area contributed by atoms with Crippen molar-refractivity contribution in [2.75, 3.05) is 37.4 Å². The molecule has 0 saturated heterocycles. The van der Waals surface area contributed by atoms with E-state index in [1.165, 1.54) is 0 Å². The fourth-order valence-corrected chi connectivity index (χ4v) is 1.54. The zero-order chi connectivity index (χ0) is 13.4. The highest BCUT2D eigenvalue weighted by molar-refractivity contribution is 5.80. The Balaban J connectivity index is 2.38. The topological polar surface area (TPSA) is 44.4 Å². The lowest BCUT2D eigenvalue weighted by molar-refractivity contribution is -0.119. The summed E-state index contributed by atoms with van der Waals surface area (Å²) in [5, 5.41) is 6.01. The molecule has 0 bridgehead atoms. The lowest BCUT2D eigenvalue weighted by Crippen LogP contribution is -2.30. The molecular weight excluding hydrogens is 226 g/mol. The van der Waals surface area contributed by atoms with Gasteiger partial charge in [-0.1, -0.05) is 19.4 Å². The standard InChI is InChI=1S/C14H23N3O/c1-4-5-9-15-14(18)11-16-12-7-6-8-13(10-12)17(2)3/h6-8,10,16H,4-5,9,11H2,1-3H3,(H,15,18). The van der Waals surface area contributed by atoms with Crippen molar-refractivity contribution in [2.45, 2.75) is 19.8 Å². The summed E-state index contributed by atoms with van der Waals surface area (Å²) < 4.78 is 0. The zero-order valence-corrected chi connectivity index (χ0v) is 11.5. The van der Waals surface area contributed by atoms with Crippen molar-refractivity contribution in [3.8, 4) is 0 Å². The molecule has 18 heavy (non-hydrogen) atoms. The van der Waals surface area contributed by atoms with E-state index in [-0.39, 0.29) is 5.91 Å². The normalized spacial score (nSPS) is 9.94. The molecule has 1 amide bonds. The molecule has 2 N–H and O–H groups in total. The van der Waals surface area contributed by atoms with Crippen molar-refractivity contribution in [1.82, 2.24) is 5.32 Å². The number of carbonyl (C=O) groups is 1. The number of benzene rings is 1. The SMILES string of the molecule is CCCCNC(=O)CNc1cccc(N(C)C)c1. The predicted octanol–water partition coefficient (Wildman–Crippen LogP) is 2.08. The molecule has 4 heteroatoms. The summed E-state index contributed by atoms with van der Waals surface area (Å²) in [5.41, 5.74) is 2.08. The fourth-order valence-electron chi connectivity index (χ4n) is 1.54. The highest BCUT2D eigenvalue weighted by Crippen LogP contribution is 2.16. The molecule has 0 heterocycles. The Morgan fingerprint density at radius 1 is 1.33 bits per heavy atom. The Morgan fingerprint density at radius 3 is 2.78 bits per heavy atom. The molecule has 0 aliphatic carbocycles. The third kappa shape index (κ3) is 5.08. The highest BCUT2D eigenvalue weighted by Gasteiger charge is 2.01. The summed E-state index contributed by atoms with van der Waals surface area (Å²) in [6, 6.07) is 8.00. The van der Waals surface area contributed by atoms with E-state index in [1.807, 2.05) is 43.3 Å². The van der Waals surface area contributed by atoms with E-state index in [9.17, 15) is 4.79 Å². The molecule has 0 aliphatic heterocycles. The van der Waals surface area contributed by atoms with Gasteiger partial charge in [0.2, 0.25) is 5.91 Å². The van der Waals surface area contributed by atoms with Crippen LogP contribution in [-0.2, 0) is 4.79 Å². The third-order valence-corrected chi connectivity index (χ3v) is 2.67. The summed E-state index contributed by atoms with van der Waals surface area (Å²) >= 11 is 0. The second kappa shape index (κ2) is 7.58. The maximum Gasteiger partial charge on any atom is 0.239 e. The van der Waals surface area contributed by atoms with E-state index < -0.39 is 0 Å². The number of unbranched alkanes of at least 4 members (excludes halogenated alkanes) is 1. The van der Waals surface area contributed by atoms with Gasteiger partial charge < -0.3 is 15.5 Å². The Hall–Kier alpha value is -1.71. The minimum Gasteiger partial charge on any atom is -0.378 e.